The van der Waals surface area contributed by atoms with Crippen molar-refractivity contribution in [1.82, 2.24) is 10.2 Å². The van der Waals surface area contributed by atoms with Gasteiger partial charge in [0.1, 0.15) is 12.6 Å². The molecule has 0 unspecified atom stereocenters. The molecule has 2 amide bonds. The van der Waals surface area contributed by atoms with Gasteiger partial charge in [-0.05, 0) is 57.4 Å². The summed E-state index contributed by atoms with van der Waals surface area (Å²) in [5.74, 6) is -0.773. The SMILES string of the molecule is CC[C@@H](C(=O)NC(C)(C)C)N(Cc1ccccc1)C(=O)CN(c1ccc(C)c(Cl)c1)S(C)(=O)=O. The second kappa shape index (κ2) is 11.2. The van der Waals surface area contributed by atoms with Crippen molar-refractivity contribution >= 4 is 39.1 Å². The van der Waals surface area contributed by atoms with Crippen molar-refractivity contribution in [1.29, 1.82) is 0 Å². The van der Waals surface area contributed by atoms with E-state index in [0.29, 0.717) is 17.1 Å². The Hall–Kier alpha value is -2.58. The van der Waals surface area contributed by atoms with E-state index in [9.17, 15) is 18.0 Å². The number of carbonyl (C=O) groups is 2. The molecule has 0 saturated carbocycles. The van der Waals surface area contributed by atoms with Gasteiger partial charge in [0.25, 0.3) is 0 Å². The Morgan fingerprint density at radius 3 is 2.21 bits per heavy atom. The zero-order chi connectivity index (χ0) is 25.7. The molecule has 34 heavy (non-hydrogen) atoms. The number of nitrogens with zero attached hydrogens (tertiary/aromatic N) is 2. The average molecular weight is 508 g/mol. The maximum Gasteiger partial charge on any atom is 0.244 e. The molecule has 0 aliphatic heterocycles. The first-order valence-corrected chi connectivity index (χ1v) is 13.3. The fourth-order valence-electron chi connectivity index (χ4n) is 3.50. The first-order chi connectivity index (χ1) is 15.7. The summed E-state index contributed by atoms with van der Waals surface area (Å²) in [6.07, 6.45) is 1.41. The summed E-state index contributed by atoms with van der Waals surface area (Å²) in [6, 6.07) is 13.4. The van der Waals surface area contributed by atoms with Crippen LogP contribution in [-0.4, -0.2) is 49.5 Å². The van der Waals surface area contributed by atoms with Crippen LogP contribution < -0.4 is 9.62 Å². The van der Waals surface area contributed by atoms with Crippen LogP contribution in [0.15, 0.2) is 48.5 Å². The molecule has 0 aliphatic carbocycles. The van der Waals surface area contributed by atoms with Crippen molar-refractivity contribution in [3.8, 4) is 0 Å². The second-order valence-electron chi connectivity index (χ2n) is 9.37. The molecule has 2 aromatic rings. The number of carbonyl (C=O) groups excluding carboxylic acids is 2. The molecule has 2 rings (SSSR count). The van der Waals surface area contributed by atoms with Crippen LogP contribution in [0.4, 0.5) is 5.69 Å². The van der Waals surface area contributed by atoms with Crippen LogP contribution in [0.5, 0.6) is 0 Å². The van der Waals surface area contributed by atoms with Gasteiger partial charge in [-0.15, -0.1) is 0 Å². The molecule has 0 bridgehead atoms. The molecule has 1 atom stereocenters. The Morgan fingerprint density at radius 2 is 1.71 bits per heavy atom. The lowest BCUT2D eigenvalue weighted by Crippen LogP contribution is -2.55. The van der Waals surface area contributed by atoms with Crippen molar-refractivity contribution < 1.29 is 18.0 Å². The summed E-state index contributed by atoms with van der Waals surface area (Å²) in [5.41, 5.74) is 1.44. The number of halogens is 1. The lowest BCUT2D eigenvalue weighted by atomic mass is 10.1. The van der Waals surface area contributed by atoms with Gasteiger partial charge in [0.2, 0.25) is 21.8 Å². The van der Waals surface area contributed by atoms with Gasteiger partial charge in [-0.2, -0.15) is 0 Å². The molecule has 0 fully saturated rings. The summed E-state index contributed by atoms with van der Waals surface area (Å²) in [5, 5.41) is 3.34. The average Bonchev–Trinajstić information content (AvgIpc) is 2.72. The minimum absolute atomic E-state index is 0.169. The van der Waals surface area contributed by atoms with E-state index >= 15 is 0 Å². The summed E-state index contributed by atoms with van der Waals surface area (Å²) in [6.45, 7) is 8.95. The highest BCUT2D eigenvalue weighted by Gasteiger charge is 2.33. The van der Waals surface area contributed by atoms with Crippen molar-refractivity contribution in [3.63, 3.8) is 0 Å². The van der Waals surface area contributed by atoms with Crippen LogP contribution in [0, 0.1) is 6.92 Å². The summed E-state index contributed by atoms with van der Waals surface area (Å²) < 4.78 is 26.3. The molecule has 2 aromatic carbocycles. The zero-order valence-electron chi connectivity index (χ0n) is 20.6. The van der Waals surface area contributed by atoms with Gasteiger partial charge >= 0.3 is 0 Å². The number of aryl methyl sites for hydroxylation is 1. The van der Waals surface area contributed by atoms with Gasteiger partial charge in [0.05, 0.1) is 11.9 Å². The number of hydrogen-bond acceptors (Lipinski definition) is 4. The van der Waals surface area contributed by atoms with Gasteiger partial charge in [0.15, 0.2) is 0 Å². The Morgan fingerprint density at radius 1 is 1.09 bits per heavy atom. The highest BCUT2D eigenvalue weighted by Crippen LogP contribution is 2.25. The second-order valence-corrected chi connectivity index (χ2v) is 11.7. The topological polar surface area (TPSA) is 86.8 Å². The largest absolute Gasteiger partial charge is 0.350 e. The molecule has 7 nitrogen and oxygen atoms in total. The molecular weight excluding hydrogens is 474 g/mol. The predicted octanol–water partition coefficient (Wildman–Crippen LogP) is 4.14. The molecular formula is C25H34ClN3O4S. The Bertz CT molecular complexity index is 1110. The standard InChI is InChI=1S/C25H34ClN3O4S/c1-7-22(24(31)27-25(3,4)5)28(16-19-11-9-8-10-12-19)23(30)17-29(34(6,32)33)20-14-13-18(2)21(26)15-20/h8-15,22H,7,16-17H2,1-6H3,(H,27,31)/t22-/m0/s1. The quantitative estimate of drug-likeness (QED) is 0.552. The van der Waals surface area contributed by atoms with Crippen molar-refractivity contribution in [2.45, 2.75) is 59.2 Å². The van der Waals surface area contributed by atoms with Crippen LogP contribution in [-0.2, 0) is 26.2 Å². The molecule has 1 N–H and O–H groups in total. The van der Waals surface area contributed by atoms with Crippen LogP contribution in [0.3, 0.4) is 0 Å². The Kier molecular flexibility index (Phi) is 9.14. The number of sulfonamides is 1. The van der Waals surface area contributed by atoms with E-state index < -0.39 is 34.1 Å². The van der Waals surface area contributed by atoms with Gasteiger partial charge < -0.3 is 10.2 Å². The van der Waals surface area contributed by atoms with Crippen LogP contribution >= 0.6 is 11.6 Å². The molecule has 186 valence electrons. The van der Waals surface area contributed by atoms with E-state index in [-0.39, 0.29) is 12.5 Å². The summed E-state index contributed by atoms with van der Waals surface area (Å²) in [7, 11) is -3.80. The van der Waals surface area contributed by atoms with E-state index in [0.717, 1.165) is 21.7 Å². The third-order valence-electron chi connectivity index (χ3n) is 5.20. The van der Waals surface area contributed by atoms with Gasteiger partial charge in [-0.1, -0.05) is 54.9 Å². The fraction of sp³-hybridized carbons (Fsp3) is 0.440. The highest BCUT2D eigenvalue weighted by atomic mass is 35.5. The molecule has 0 saturated heterocycles. The first-order valence-electron chi connectivity index (χ1n) is 11.1. The maximum atomic E-state index is 13.6. The summed E-state index contributed by atoms with van der Waals surface area (Å²) in [4.78, 5) is 28.2. The van der Waals surface area contributed by atoms with E-state index in [1.54, 1.807) is 12.1 Å². The summed E-state index contributed by atoms with van der Waals surface area (Å²) >= 11 is 6.22. The van der Waals surface area contributed by atoms with E-state index in [4.69, 9.17) is 11.6 Å². The lowest BCUT2D eigenvalue weighted by molar-refractivity contribution is -0.141. The number of amides is 2. The van der Waals surface area contributed by atoms with Crippen molar-refractivity contribution in [3.05, 3.63) is 64.7 Å². The maximum absolute atomic E-state index is 13.6. The van der Waals surface area contributed by atoms with Crippen molar-refractivity contribution in [2.24, 2.45) is 0 Å². The Labute approximate surface area is 208 Å². The zero-order valence-corrected chi connectivity index (χ0v) is 22.2. The van der Waals surface area contributed by atoms with Crippen LogP contribution in [0.2, 0.25) is 5.02 Å². The van der Waals surface area contributed by atoms with Gasteiger partial charge in [-0.3, -0.25) is 13.9 Å². The molecule has 0 radical (unpaired) electrons. The van der Waals surface area contributed by atoms with Crippen LogP contribution in [0.25, 0.3) is 0 Å². The van der Waals surface area contributed by atoms with E-state index in [1.165, 1.54) is 11.0 Å². The van der Waals surface area contributed by atoms with E-state index in [1.807, 2.05) is 65.0 Å². The predicted molar refractivity (Wildman–Crippen MR) is 137 cm³/mol. The molecule has 0 aliphatic rings. The number of hydrogen-bond donors (Lipinski definition) is 1. The minimum Gasteiger partial charge on any atom is -0.350 e. The number of benzene rings is 2. The number of anilines is 1. The van der Waals surface area contributed by atoms with Crippen molar-refractivity contribution in [2.75, 3.05) is 17.1 Å². The lowest BCUT2D eigenvalue weighted by Gasteiger charge is -2.34. The molecule has 0 aromatic heterocycles. The smallest absolute Gasteiger partial charge is 0.244 e. The Balaban J connectivity index is 2.45. The van der Waals surface area contributed by atoms with Gasteiger partial charge in [-0.25, -0.2) is 8.42 Å². The van der Waals surface area contributed by atoms with Gasteiger partial charge in [0, 0.05) is 17.1 Å². The normalized spacial score (nSPS) is 12.7. The third-order valence-corrected chi connectivity index (χ3v) is 6.75. The highest BCUT2D eigenvalue weighted by molar-refractivity contribution is 7.92. The molecule has 0 spiro atoms. The third kappa shape index (κ3) is 7.74. The number of rotatable bonds is 9. The van der Waals surface area contributed by atoms with Crippen LogP contribution in [0.1, 0.15) is 45.2 Å². The number of nitrogens with one attached hydrogen (secondary N) is 1. The fourth-order valence-corrected chi connectivity index (χ4v) is 4.52. The molecule has 0 heterocycles. The van der Waals surface area contributed by atoms with E-state index in [2.05, 4.69) is 5.32 Å². The minimum atomic E-state index is -3.80. The monoisotopic (exact) mass is 507 g/mol. The first kappa shape index (κ1) is 27.7. The molecule has 9 heteroatoms.